The maximum Gasteiger partial charge on any atom is 0.239 e. The molecule has 0 unspecified atom stereocenters. The molecule has 3 rings (SSSR count). The standard InChI is InChI=1S/C23H36N4O2/c1-18-9-8-10-19(2)22(18)24-21(28)17-25-13-15-26(16-14-25)20(3)23(29)27-11-6-4-5-7-12-27/h8-10,20H,4-7,11-17H2,1-3H3,(H,24,28)/t20-/m1/s1. The Morgan fingerprint density at radius 2 is 1.52 bits per heavy atom. The van der Waals surface area contributed by atoms with Gasteiger partial charge in [0, 0.05) is 45.0 Å². The van der Waals surface area contributed by atoms with Crippen LogP contribution in [0.1, 0.15) is 43.7 Å². The molecule has 1 aromatic rings. The molecule has 2 saturated heterocycles. The van der Waals surface area contributed by atoms with E-state index >= 15 is 0 Å². The fraction of sp³-hybridized carbons (Fsp3) is 0.652. The van der Waals surface area contributed by atoms with Crippen molar-refractivity contribution in [1.82, 2.24) is 14.7 Å². The molecule has 1 aromatic carbocycles. The minimum atomic E-state index is -0.0707. The molecule has 0 aromatic heterocycles. The van der Waals surface area contributed by atoms with Crippen LogP contribution in [0.15, 0.2) is 18.2 Å². The predicted molar refractivity (Wildman–Crippen MR) is 117 cm³/mol. The van der Waals surface area contributed by atoms with Crippen molar-refractivity contribution in [3.63, 3.8) is 0 Å². The van der Waals surface area contributed by atoms with E-state index in [9.17, 15) is 9.59 Å². The van der Waals surface area contributed by atoms with Crippen LogP contribution in [0, 0.1) is 13.8 Å². The van der Waals surface area contributed by atoms with Gasteiger partial charge in [-0.3, -0.25) is 19.4 Å². The summed E-state index contributed by atoms with van der Waals surface area (Å²) >= 11 is 0. The molecule has 2 aliphatic rings. The molecule has 2 amide bonds. The van der Waals surface area contributed by atoms with E-state index in [1.165, 1.54) is 12.8 Å². The van der Waals surface area contributed by atoms with Crippen LogP contribution in [-0.4, -0.2) is 78.4 Å². The molecule has 0 bridgehead atoms. The van der Waals surface area contributed by atoms with Gasteiger partial charge in [0.2, 0.25) is 11.8 Å². The van der Waals surface area contributed by atoms with Crippen LogP contribution in [0.3, 0.4) is 0 Å². The fourth-order valence-electron chi connectivity index (χ4n) is 4.41. The lowest BCUT2D eigenvalue weighted by molar-refractivity contribution is -0.137. The van der Waals surface area contributed by atoms with Gasteiger partial charge in [0.1, 0.15) is 0 Å². The molecule has 0 radical (unpaired) electrons. The molecule has 2 heterocycles. The maximum absolute atomic E-state index is 12.9. The molecule has 1 atom stereocenters. The first-order valence-electron chi connectivity index (χ1n) is 11.1. The second-order valence-corrected chi connectivity index (χ2v) is 8.54. The number of hydrogen-bond donors (Lipinski definition) is 1. The van der Waals surface area contributed by atoms with E-state index in [0.717, 1.165) is 68.9 Å². The van der Waals surface area contributed by atoms with Crippen LogP contribution in [-0.2, 0) is 9.59 Å². The molecule has 6 nitrogen and oxygen atoms in total. The van der Waals surface area contributed by atoms with Gasteiger partial charge in [-0.05, 0) is 44.7 Å². The Balaban J connectivity index is 1.46. The highest BCUT2D eigenvalue weighted by atomic mass is 16.2. The van der Waals surface area contributed by atoms with Crippen LogP contribution in [0.2, 0.25) is 0 Å². The number of carbonyl (C=O) groups is 2. The van der Waals surface area contributed by atoms with E-state index in [2.05, 4.69) is 20.0 Å². The highest BCUT2D eigenvalue weighted by Gasteiger charge is 2.29. The molecule has 2 aliphatic heterocycles. The Morgan fingerprint density at radius 3 is 2.10 bits per heavy atom. The Labute approximate surface area is 175 Å². The Kier molecular flexibility index (Phi) is 7.67. The summed E-state index contributed by atoms with van der Waals surface area (Å²) in [7, 11) is 0. The number of hydrogen-bond acceptors (Lipinski definition) is 4. The number of carbonyl (C=O) groups excluding carboxylic acids is 2. The first-order valence-corrected chi connectivity index (χ1v) is 11.1. The van der Waals surface area contributed by atoms with Crippen LogP contribution in [0.25, 0.3) is 0 Å². The van der Waals surface area contributed by atoms with Crippen molar-refractivity contribution in [2.24, 2.45) is 0 Å². The fourth-order valence-corrected chi connectivity index (χ4v) is 4.41. The summed E-state index contributed by atoms with van der Waals surface area (Å²) in [6.45, 7) is 11.6. The smallest absolute Gasteiger partial charge is 0.239 e. The van der Waals surface area contributed by atoms with Gasteiger partial charge in [-0.1, -0.05) is 31.0 Å². The van der Waals surface area contributed by atoms with E-state index in [0.29, 0.717) is 6.54 Å². The van der Waals surface area contributed by atoms with Crippen molar-refractivity contribution in [1.29, 1.82) is 0 Å². The van der Waals surface area contributed by atoms with Crippen molar-refractivity contribution in [2.45, 2.75) is 52.5 Å². The Hall–Kier alpha value is -1.92. The van der Waals surface area contributed by atoms with E-state index in [-0.39, 0.29) is 17.9 Å². The van der Waals surface area contributed by atoms with E-state index in [4.69, 9.17) is 0 Å². The zero-order chi connectivity index (χ0) is 20.8. The van der Waals surface area contributed by atoms with E-state index in [1.807, 2.05) is 39.0 Å². The van der Waals surface area contributed by atoms with Crippen molar-refractivity contribution in [3.05, 3.63) is 29.3 Å². The van der Waals surface area contributed by atoms with Crippen LogP contribution in [0.4, 0.5) is 5.69 Å². The van der Waals surface area contributed by atoms with Gasteiger partial charge in [-0.2, -0.15) is 0 Å². The zero-order valence-corrected chi connectivity index (χ0v) is 18.2. The Morgan fingerprint density at radius 1 is 0.931 bits per heavy atom. The van der Waals surface area contributed by atoms with E-state index < -0.39 is 0 Å². The zero-order valence-electron chi connectivity index (χ0n) is 18.2. The summed E-state index contributed by atoms with van der Waals surface area (Å²) in [5.41, 5.74) is 3.10. The summed E-state index contributed by atoms with van der Waals surface area (Å²) in [5.74, 6) is 0.303. The summed E-state index contributed by atoms with van der Waals surface area (Å²) in [6.07, 6.45) is 4.73. The third kappa shape index (κ3) is 5.80. The number of nitrogens with one attached hydrogen (secondary N) is 1. The number of amides is 2. The molecule has 0 spiro atoms. The maximum atomic E-state index is 12.9. The third-order valence-electron chi connectivity index (χ3n) is 6.34. The molecule has 0 saturated carbocycles. The minimum absolute atomic E-state index is 0.0320. The topological polar surface area (TPSA) is 55.9 Å². The number of para-hydroxylation sites is 1. The van der Waals surface area contributed by atoms with Crippen LogP contribution < -0.4 is 5.32 Å². The number of rotatable bonds is 5. The van der Waals surface area contributed by atoms with Gasteiger partial charge >= 0.3 is 0 Å². The van der Waals surface area contributed by atoms with Gasteiger partial charge < -0.3 is 10.2 Å². The number of piperazine rings is 1. The van der Waals surface area contributed by atoms with Gasteiger partial charge in [0.25, 0.3) is 0 Å². The minimum Gasteiger partial charge on any atom is -0.341 e. The number of anilines is 1. The van der Waals surface area contributed by atoms with Crippen molar-refractivity contribution in [2.75, 3.05) is 51.1 Å². The lowest BCUT2D eigenvalue weighted by Gasteiger charge is -2.38. The van der Waals surface area contributed by atoms with Gasteiger partial charge in [0.05, 0.1) is 12.6 Å². The lowest BCUT2D eigenvalue weighted by Crippen LogP contribution is -2.55. The van der Waals surface area contributed by atoms with Crippen molar-refractivity contribution < 1.29 is 9.59 Å². The SMILES string of the molecule is Cc1cccc(C)c1NC(=O)CN1CCN([C@H](C)C(=O)N2CCCCCC2)CC1. The number of nitrogens with zero attached hydrogens (tertiary/aromatic N) is 3. The van der Waals surface area contributed by atoms with Crippen LogP contribution in [0.5, 0.6) is 0 Å². The van der Waals surface area contributed by atoms with E-state index in [1.54, 1.807) is 0 Å². The van der Waals surface area contributed by atoms with Crippen molar-refractivity contribution in [3.8, 4) is 0 Å². The monoisotopic (exact) mass is 400 g/mol. The largest absolute Gasteiger partial charge is 0.341 e. The van der Waals surface area contributed by atoms with Crippen molar-refractivity contribution >= 4 is 17.5 Å². The quantitative estimate of drug-likeness (QED) is 0.826. The number of benzene rings is 1. The molecule has 6 heteroatoms. The second-order valence-electron chi connectivity index (χ2n) is 8.54. The molecule has 2 fully saturated rings. The average Bonchev–Trinajstić information content (AvgIpc) is 3.00. The first-order chi connectivity index (χ1) is 14.0. The molecule has 1 N–H and O–H groups in total. The first kappa shape index (κ1) is 21.8. The summed E-state index contributed by atoms with van der Waals surface area (Å²) in [6, 6.07) is 5.97. The molecule has 29 heavy (non-hydrogen) atoms. The predicted octanol–water partition coefficient (Wildman–Crippen LogP) is 2.65. The second kappa shape index (κ2) is 10.2. The lowest BCUT2D eigenvalue weighted by atomic mass is 10.1. The van der Waals surface area contributed by atoms with Gasteiger partial charge in [-0.15, -0.1) is 0 Å². The Bertz CT molecular complexity index is 685. The number of likely N-dealkylation sites (tertiary alicyclic amines) is 1. The summed E-state index contributed by atoms with van der Waals surface area (Å²) in [4.78, 5) is 31.9. The van der Waals surface area contributed by atoms with Gasteiger partial charge in [-0.25, -0.2) is 0 Å². The highest BCUT2D eigenvalue weighted by Crippen LogP contribution is 2.19. The van der Waals surface area contributed by atoms with Gasteiger partial charge in [0.15, 0.2) is 0 Å². The summed E-state index contributed by atoms with van der Waals surface area (Å²) in [5, 5.41) is 3.07. The average molecular weight is 401 g/mol. The summed E-state index contributed by atoms with van der Waals surface area (Å²) < 4.78 is 0. The third-order valence-corrected chi connectivity index (χ3v) is 6.34. The molecular weight excluding hydrogens is 364 g/mol. The normalized spacial score (nSPS) is 20.2. The molecule has 160 valence electrons. The number of aryl methyl sites for hydroxylation is 2. The highest BCUT2D eigenvalue weighted by molar-refractivity contribution is 5.93. The van der Waals surface area contributed by atoms with Crippen LogP contribution >= 0.6 is 0 Å². The molecule has 0 aliphatic carbocycles. The molecular formula is C23H36N4O2.